The van der Waals surface area contributed by atoms with E-state index in [1.165, 1.54) is 18.3 Å². The molecule has 4 N–H and O–H groups in total. The molecule has 3 atom stereocenters. The Labute approximate surface area is 276 Å². The molecule has 0 radical (unpaired) electrons. The van der Waals surface area contributed by atoms with Gasteiger partial charge in [0.1, 0.15) is 17.5 Å². The molecule has 5 rings (SSSR count). The number of likely N-dealkylation sites (tertiary alicyclic amines) is 1. The summed E-state index contributed by atoms with van der Waals surface area (Å²) in [5, 5.41) is 11.1. The maximum absolute atomic E-state index is 13.7. The summed E-state index contributed by atoms with van der Waals surface area (Å²) >= 11 is 1.37. The molecule has 0 bridgehead atoms. The Kier molecular flexibility index (Phi) is 10.6. The van der Waals surface area contributed by atoms with Gasteiger partial charge in [-0.2, -0.15) is 0 Å². The number of amides is 3. The summed E-state index contributed by atoms with van der Waals surface area (Å²) in [7, 11) is 0. The van der Waals surface area contributed by atoms with Gasteiger partial charge in [0.25, 0.3) is 5.91 Å². The van der Waals surface area contributed by atoms with Gasteiger partial charge >= 0.3 is 5.97 Å². The summed E-state index contributed by atoms with van der Waals surface area (Å²) in [5.74, 6) is -0.420. The third-order valence-corrected chi connectivity index (χ3v) is 8.78. The highest BCUT2D eigenvalue weighted by atomic mass is 32.1. The number of hydrogen-bond donors (Lipinski definition) is 3. The first kappa shape index (κ1) is 32.9. The predicted octanol–water partition coefficient (Wildman–Crippen LogP) is 4.72. The normalized spacial score (nSPS) is 16.6. The number of ether oxygens (including phenoxy) is 1. The summed E-state index contributed by atoms with van der Waals surface area (Å²) in [4.78, 5) is 58.1. The van der Waals surface area contributed by atoms with Crippen molar-refractivity contribution < 1.29 is 28.8 Å². The lowest BCUT2D eigenvalue weighted by molar-refractivity contribution is -0.141. The Hall–Kier alpha value is -5.49. The average molecular weight is 654 g/mol. The zero-order chi connectivity index (χ0) is 33.3. The minimum atomic E-state index is -0.739. The van der Waals surface area contributed by atoms with E-state index in [9.17, 15) is 19.2 Å². The van der Waals surface area contributed by atoms with Gasteiger partial charge in [0, 0.05) is 40.8 Å². The molecule has 1 fully saturated rings. The number of oxime groups is 1. The van der Waals surface area contributed by atoms with Crippen LogP contribution in [0.3, 0.4) is 0 Å². The lowest BCUT2D eigenvalue weighted by Crippen LogP contribution is -2.49. The summed E-state index contributed by atoms with van der Waals surface area (Å²) in [6.07, 6.45) is 0.433. The Bertz CT molecular complexity index is 1740. The van der Waals surface area contributed by atoms with Gasteiger partial charge in [-0.1, -0.05) is 53.7 Å². The number of nitrogens with zero attached hydrogens (tertiary/aromatic N) is 2. The molecule has 0 aliphatic carbocycles. The van der Waals surface area contributed by atoms with Crippen molar-refractivity contribution in [3.8, 4) is 11.5 Å². The fraction of sp³-hybridized carbons (Fsp3) is 0.229. The monoisotopic (exact) mass is 653 g/mol. The van der Waals surface area contributed by atoms with E-state index >= 15 is 0 Å². The third-order valence-electron chi connectivity index (χ3n) is 7.66. The highest BCUT2D eigenvalue weighted by Gasteiger charge is 2.40. The Morgan fingerprint density at radius 1 is 0.957 bits per heavy atom. The molecule has 3 amide bonds. The Morgan fingerprint density at radius 3 is 2.30 bits per heavy atom. The number of amidine groups is 1. The second-order valence-electron chi connectivity index (χ2n) is 11.1. The number of carbonyl (C=O) groups excluding carboxylic acids is 4. The molecule has 12 heteroatoms. The van der Waals surface area contributed by atoms with E-state index in [4.69, 9.17) is 10.5 Å². The second-order valence-corrected chi connectivity index (χ2v) is 12.0. The van der Waals surface area contributed by atoms with Crippen molar-refractivity contribution in [1.82, 2.24) is 15.5 Å². The number of carbonyl (C=O) groups is 4. The molecule has 11 nitrogen and oxygen atoms in total. The maximum Gasteiger partial charge on any atom is 0.332 e. The molecule has 0 unspecified atom stereocenters. The minimum Gasteiger partial charge on any atom is -0.457 e. The fourth-order valence-corrected chi connectivity index (χ4v) is 6.16. The van der Waals surface area contributed by atoms with Crippen LogP contribution in [-0.4, -0.2) is 53.6 Å². The van der Waals surface area contributed by atoms with Crippen molar-refractivity contribution in [2.24, 2.45) is 10.9 Å². The SMILES string of the molecule is CC(=O)O/N=C(\N)c1csc([C@@H](C)NC(=O)[C@@H]2C[C@@H](c3ccccc3)CN2C(=O)CNC(=O)c2ccc(Oc3ccccc3)cc2)c1. The number of nitrogens with two attached hydrogens (primary N) is 1. The molecule has 242 valence electrons. The van der Waals surface area contributed by atoms with Gasteiger partial charge in [0.05, 0.1) is 12.6 Å². The number of thiophene rings is 1. The van der Waals surface area contributed by atoms with E-state index in [-0.39, 0.29) is 30.1 Å². The largest absolute Gasteiger partial charge is 0.457 e. The predicted molar refractivity (Wildman–Crippen MR) is 178 cm³/mol. The van der Waals surface area contributed by atoms with Crippen molar-refractivity contribution in [2.75, 3.05) is 13.1 Å². The summed E-state index contributed by atoms with van der Waals surface area (Å²) < 4.78 is 5.79. The first-order chi connectivity index (χ1) is 22.7. The van der Waals surface area contributed by atoms with E-state index in [2.05, 4.69) is 20.6 Å². The summed E-state index contributed by atoms with van der Waals surface area (Å²) in [5.41, 5.74) is 7.87. The zero-order valence-electron chi connectivity index (χ0n) is 25.9. The van der Waals surface area contributed by atoms with E-state index in [0.717, 1.165) is 10.4 Å². The van der Waals surface area contributed by atoms with Crippen LogP contribution in [0.1, 0.15) is 58.6 Å². The van der Waals surface area contributed by atoms with E-state index in [0.29, 0.717) is 35.6 Å². The number of para-hydroxylation sites is 1. The van der Waals surface area contributed by atoms with Crippen molar-refractivity contribution in [3.05, 3.63) is 118 Å². The number of benzene rings is 3. The van der Waals surface area contributed by atoms with Gasteiger partial charge in [-0.05, 0) is 61.4 Å². The molecular weight excluding hydrogens is 618 g/mol. The Morgan fingerprint density at radius 2 is 1.62 bits per heavy atom. The smallest absolute Gasteiger partial charge is 0.332 e. The standard InChI is InChI=1S/C35H35N5O6S/c1-22(31-18-27(21-47-31)33(36)39-46-23(2)41)38-35(44)30-17-26(24-9-5-3-6-10-24)20-40(30)32(42)19-37-34(43)25-13-15-29(16-14-25)45-28-11-7-4-8-12-28/h3-16,18,21-22,26,30H,17,19-20H2,1-2H3,(H2,36,39)(H,37,43)(H,38,44)/t22-,26-,30+/m1/s1. The van der Waals surface area contributed by atoms with Crippen LogP contribution in [0, 0.1) is 0 Å². The van der Waals surface area contributed by atoms with Crippen LogP contribution in [0.5, 0.6) is 11.5 Å². The van der Waals surface area contributed by atoms with Gasteiger partial charge in [0.15, 0.2) is 5.84 Å². The molecule has 1 aromatic heterocycles. The van der Waals surface area contributed by atoms with E-state index in [1.807, 2.05) is 67.6 Å². The molecule has 1 aliphatic rings. The van der Waals surface area contributed by atoms with Gasteiger partial charge in [-0.3, -0.25) is 14.4 Å². The molecule has 0 spiro atoms. The molecule has 2 heterocycles. The van der Waals surface area contributed by atoms with Crippen LogP contribution in [0.15, 0.2) is 102 Å². The molecule has 47 heavy (non-hydrogen) atoms. The average Bonchev–Trinajstić information content (AvgIpc) is 3.76. The van der Waals surface area contributed by atoms with Gasteiger partial charge in [0.2, 0.25) is 11.8 Å². The van der Waals surface area contributed by atoms with Gasteiger partial charge in [-0.15, -0.1) is 11.3 Å². The van der Waals surface area contributed by atoms with Crippen LogP contribution in [0.2, 0.25) is 0 Å². The topological polar surface area (TPSA) is 152 Å². The fourth-order valence-electron chi connectivity index (χ4n) is 5.25. The molecule has 4 aromatic rings. The number of hydrogen-bond acceptors (Lipinski definition) is 8. The first-order valence-corrected chi connectivity index (χ1v) is 15.9. The maximum atomic E-state index is 13.7. The van der Waals surface area contributed by atoms with E-state index in [1.54, 1.807) is 40.6 Å². The molecule has 1 saturated heterocycles. The number of nitrogens with one attached hydrogen (secondary N) is 2. The van der Waals surface area contributed by atoms with Crippen LogP contribution < -0.4 is 21.1 Å². The highest BCUT2D eigenvalue weighted by Crippen LogP contribution is 2.33. The van der Waals surface area contributed by atoms with Gasteiger partial charge < -0.3 is 30.8 Å². The number of rotatable bonds is 11. The third kappa shape index (κ3) is 8.61. The lowest BCUT2D eigenvalue weighted by Gasteiger charge is -2.25. The molecule has 1 aliphatic heterocycles. The van der Waals surface area contributed by atoms with Crippen LogP contribution in [-0.2, 0) is 19.2 Å². The summed E-state index contributed by atoms with van der Waals surface area (Å²) in [6.45, 7) is 3.13. The van der Waals surface area contributed by atoms with Crippen molar-refractivity contribution in [3.63, 3.8) is 0 Å². The van der Waals surface area contributed by atoms with Crippen molar-refractivity contribution in [2.45, 2.75) is 38.3 Å². The molecule has 3 aromatic carbocycles. The lowest BCUT2D eigenvalue weighted by atomic mass is 9.96. The first-order valence-electron chi connectivity index (χ1n) is 15.0. The molecule has 0 saturated carbocycles. The van der Waals surface area contributed by atoms with Crippen LogP contribution in [0.4, 0.5) is 0 Å². The van der Waals surface area contributed by atoms with E-state index < -0.39 is 24.0 Å². The summed E-state index contributed by atoms with van der Waals surface area (Å²) in [6, 6.07) is 26.3. The highest BCUT2D eigenvalue weighted by molar-refractivity contribution is 7.10. The quantitative estimate of drug-likeness (QED) is 0.0917. The van der Waals surface area contributed by atoms with Crippen LogP contribution in [0.25, 0.3) is 0 Å². The zero-order valence-corrected chi connectivity index (χ0v) is 26.7. The van der Waals surface area contributed by atoms with Crippen LogP contribution >= 0.6 is 11.3 Å². The second kappa shape index (κ2) is 15.2. The molecular formula is C35H35N5O6S. The minimum absolute atomic E-state index is 0.0398. The van der Waals surface area contributed by atoms with Gasteiger partial charge in [-0.25, -0.2) is 4.79 Å². The van der Waals surface area contributed by atoms with Crippen molar-refractivity contribution >= 4 is 40.9 Å². The Balaban J connectivity index is 1.23. The van der Waals surface area contributed by atoms with Crippen molar-refractivity contribution in [1.29, 1.82) is 0 Å².